The first-order chi connectivity index (χ1) is 7.33. The van der Waals surface area contributed by atoms with Crippen molar-refractivity contribution in [2.75, 3.05) is 13.1 Å². The highest BCUT2D eigenvalue weighted by Crippen LogP contribution is 2.27. The predicted molar refractivity (Wildman–Crippen MR) is 66.7 cm³/mol. The highest BCUT2D eigenvalue weighted by molar-refractivity contribution is 4.82. The molecule has 1 nitrogen and oxygen atoms in total. The molecule has 15 heavy (non-hydrogen) atoms. The van der Waals surface area contributed by atoms with Crippen LogP contribution in [0, 0.1) is 24.2 Å². The van der Waals surface area contributed by atoms with Crippen LogP contribution < -0.4 is 5.32 Å². The minimum atomic E-state index is 0.933. The van der Waals surface area contributed by atoms with Crippen LogP contribution in [0.5, 0.6) is 0 Å². The Morgan fingerprint density at radius 3 is 2.60 bits per heavy atom. The highest BCUT2D eigenvalue weighted by atomic mass is 14.9. The first-order valence-electron chi connectivity index (χ1n) is 6.47. The molecule has 1 aliphatic rings. The van der Waals surface area contributed by atoms with Gasteiger partial charge in [-0.3, -0.25) is 0 Å². The second-order valence-corrected chi connectivity index (χ2v) is 4.99. The highest BCUT2D eigenvalue weighted by Gasteiger charge is 2.17. The number of terminal acetylenes is 1. The molecule has 0 aromatic carbocycles. The smallest absolute Gasteiger partial charge is 0.00865 e. The molecule has 1 heteroatoms. The van der Waals surface area contributed by atoms with E-state index < -0.39 is 0 Å². The molecule has 0 aliphatic heterocycles. The maximum atomic E-state index is 5.20. The van der Waals surface area contributed by atoms with Gasteiger partial charge < -0.3 is 5.32 Å². The average molecular weight is 207 g/mol. The van der Waals surface area contributed by atoms with E-state index in [1.807, 2.05) is 0 Å². The van der Waals surface area contributed by atoms with E-state index in [4.69, 9.17) is 6.42 Å². The van der Waals surface area contributed by atoms with Crippen molar-refractivity contribution in [1.82, 2.24) is 5.32 Å². The fraction of sp³-hybridized carbons (Fsp3) is 0.857. The zero-order chi connectivity index (χ0) is 10.9. The van der Waals surface area contributed by atoms with Crippen LogP contribution in [0.25, 0.3) is 0 Å². The molecule has 0 atom stereocenters. The number of unbranched alkanes of at least 4 members (excludes halogenated alkanes) is 2. The van der Waals surface area contributed by atoms with Gasteiger partial charge in [-0.25, -0.2) is 0 Å². The minimum Gasteiger partial charge on any atom is -0.316 e. The van der Waals surface area contributed by atoms with E-state index in [1.165, 1.54) is 45.1 Å². The van der Waals surface area contributed by atoms with Gasteiger partial charge in [-0.15, -0.1) is 12.3 Å². The maximum Gasteiger partial charge on any atom is 0.00865 e. The molecule has 0 aromatic heterocycles. The van der Waals surface area contributed by atoms with Gasteiger partial charge in [-0.2, -0.15) is 0 Å². The van der Waals surface area contributed by atoms with Gasteiger partial charge in [-0.1, -0.05) is 19.8 Å². The van der Waals surface area contributed by atoms with Crippen LogP contribution in [0.4, 0.5) is 0 Å². The van der Waals surface area contributed by atoms with E-state index in [1.54, 1.807) is 0 Å². The zero-order valence-corrected chi connectivity index (χ0v) is 10.1. The van der Waals surface area contributed by atoms with E-state index in [9.17, 15) is 0 Å². The molecule has 0 aromatic rings. The third kappa shape index (κ3) is 5.85. The quantitative estimate of drug-likeness (QED) is 0.521. The molecular formula is C14H25N. The van der Waals surface area contributed by atoms with Gasteiger partial charge >= 0.3 is 0 Å². The van der Waals surface area contributed by atoms with Crippen LogP contribution in [0.2, 0.25) is 0 Å². The van der Waals surface area contributed by atoms with Crippen LogP contribution in [0.1, 0.15) is 51.9 Å². The van der Waals surface area contributed by atoms with Crippen molar-refractivity contribution in [2.45, 2.75) is 51.9 Å². The lowest BCUT2D eigenvalue weighted by Gasteiger charge is -2.26. The lowest BCUT2D eigenvalue weighted by molar-refractivity contribution is 0.281. The van der Waals surface area contributed by atoms with Gasteiger partial charge in [0.1, 0.15) is 0 Å². The third-order valence-corrected chi connectivity index (χ3v) is 3.49. The summed E-state index contributed by atoms with van der Waals surface area (Å²) in [5, 5.41) is 3.56. The number of nitrogens with one attached hydrogen (secondary N) is 1. The second kappa shape index (κ2) is 7.77. The molecular weight excluding hydrogens is 182 g/mol. The van der Waals surface area contributed by atoms with Gasteiger partial charge in [-0.05, 0) is 50.6 Å². The Kier molecular flexibility index (Phi) is 6.52. The summed E-state index contributed by atoms with van der Waals surface area (Å²) in [6.07, 6.45) is 14.3. The molecule has 0 saturated heterocycles. The predicted octanol–water partition coefficient (Wildman–Crippen LogP) is 3.21. The Bertz CT molecular complexity index is 184. The standard InChI is InChI=1S/C14H25N/c1-3-4-5-6-11-15-12-14-9-7-13(2)8-10-14/h1,13-15H,4-12H2,2H3. The average Bonchev–Trinajstić information content (AvgIpc) is 2.26. The zero-order valence-electron chi connectivity index (χ0n) is 10.1. The van der Waals surface area contributed by atoms with E-state index in [2.05, 4.69) is 18.2 Å². The van der Waals surface area contributed by atoms with Gasteiger partial charge in [0.15, 0.2) is 0 Å². The summed E-state index contributed by atoms with van der Waals surface area (Å²) < 4.78 is 0. The molecule has 1 saturated carbocycles. The fourth-order valence-electron chi connectivity index (χ4n) is 2.32. The van der Waals surface area contributed by atoms with Gasteiger partial charge in [0.25, 0.3) is 0 Å². The molecule has 0 heterocycles. The van der Waals surface area contributed by atoms with E-state index in [0.29, 0.717) is 0 Å². The van der Waals surface area contributed by atoms with Crippen LogP contribution in [0.3, 0.4) is 0 Å². The van der Waals surface area contributed by atoms with Crippen molar-refractivity contribution in [2.24, 2.45) is 11.8 Å². The fourth-order valence-corrected chi connectivity index (χ4v) is 2.32. The first-order valence-corrected chi connectivity index (χ1v) is 6.47. The van der Waals surface area contributed by atoms with Gasteiger partial charge in [0, 0.05) is 6.42 Å². The molecule has 1 aliphatic carbocycles. The van der Waals surface area contributed by atoms with Crippen molar-refractivity contribution >= 4 is 0 Å². The third-order valence-electron chi connectivity index (χ3n) is 3.49. The van der Waals surface area contributed by atoms with Crippen molar-refractivity contribution in [3.8, 4) is 12.3 Å². The molecule has 0 radical (unpaired) electrons. The molecule has 0 amide bonds. The number of hydrogen-bond donors (Lipinski definition) is 1. The largest absolute Gasteiger partial charge is 0.316 e. The Balaban J connectivity index is 1.90. The minimum absolute atomic E-state index is 0.933. The van der Waals surface area contributed by atoms with Crippen LogP contribution in [0.15, 0.2) is 0 Å². The SMILES string of the molecule is C#CCCCCNCC1CCC(C)CC1. The van der Waals surface area contributed by atoms with E-state index in [-0.39, 0.29) is 0 Å². The number of rotatable bonds is 6. The van der Waals surface area contributed by atoms with Crippen molar-refractivity contribution < 1.29 is 0 Å². The summed E-state index contributed by atoms with van der Waals surface area (Å²) in [5.41, 5.74) is 0. The van der Waals surface area contributed by atoms with E-state index in [0.717, 1.165) is 24.8 Å². The summed E-state index contributed by atoms with van der Waals surface area (Å²) in [6, 6.07) is 0. The molecule has 1 rings (SSSR count). The summed E-state index contributed by atoms with van der Waals surface area (Å²) in [6.45, 7) is 4.75. The molecule has 1 N–H and O–H groups in total. The van der Waals surface area contributed by atoms with Crippen LogP contribution in [-0.4, -0.2) is 13.1 Å². The first kappa shape index (κ1) is 12.6. The summed E-state index contributed by atoms with van der Waals surface area (Å²) in [4.78, 5) is 0. The monoisotopic (exact) mass is 207 g/mol. The van der Waals surface area contributed by atoms with Crippen LogP contribution >= 0.6 is 0 Å². The van der Waals surface area contributed by atoms with Crippen molar-refractivity contribution in [3.63, 3.8) is 0 Å². The number of hydrogen-bond acceptors (Lipinski definition) is 1. The second-order valence-electron chi connectivity index (χ2n) is 4.99. The molecule has 0 unspecified atom stereocenters. The lowest BCUT2D eigenvalue weighted by atomic mass is 9.83. The van der Waals surface area contributed by atoms with Gasteiger partial charge in [0.05, 0.1) is 0 Å². The maximum absolute atomic E-state index is 5.20. The van der Waals surface area contributed by atoms with E-state index >= 15 is 0 Å². The van der Waals surface area contributed by atoms with Crippen molar-refractivity contribution in [1.29, 1.82) is 0 Å². The lowest BCUT2D eigenvalue weighted by Crippen LogP contribution is -2.26. The molecule has 1 fully saturated rings. The molecule has 0 bridgehead atoms. The molecule has 86 valence electrons. The Hall–Kier alpha value is -0.480. The summed E-state index contributed by atoms with van der Waals surface area (Å²) in [7, 11) is 0. The Morgan fingerprint density at radius 2 is 1.93 bits per heavy atom. The summed E-state index contributed by atoms with van der Waals surface area (Å²) in [5.74, 6) is 4.59. The topological polar surface area (TPSA) is 12.0 Å². The normalized spacial score (nSPS) is 26.1. The van der Waals surface area contributed by atoms with Crippen molar-refractivity contribution in [3.05, 3.63) is 0 Å². The summed E-state index contributed by atoms with van der Waals surface area (Å²) >= 11 is 0. The molecule has 0 spiro atoms. The Morgan fingerprint density at radius 1 is 1.20 bits per heavy atom. The van der Waals surface area contributed by atoms with Gasteiger partial charge in [0.2, 0.25) is 0 Å². The Labute approximate surface area is 95.0 Å². The van der Waals surface area contributed by atoms with Crippen LogP contribution in [-0.2, 0) is 0 Å².